The molecule has 3 aromatic rings. The molecule has 1 aromatic carbocycles. The minimum atomic E-state index is -0.203. The summed E-state index contributed by atoms with van der Waals surface area (Å²) in [6.45, 7) is 5.47. The lowest BCUT2D eigenvalue weighted by atomic mass is 10.2. The molecule has 154 valence electrons. The van der Waals surface area contributed by atoms with Crippen LogP contribution in [-0.2, 0) is 11.3 Å². The van der Waals surface area contributed by atoms with E-state index in [0.29, 0.717) is 12.1 Å². The smallest absolute Gasteiger partial charge is 0.239 e. The van der Waals surface area contributed by atoms with E-state index in [1.54, 1.807) is 34.6 Å². The monoisotopic (exact) mass is 420 g/mol. The van der Waals surface area contributed by atoms with Crippen LogP contribution in [0.3, 0.4) is 0 Å². The van der Waals surface area contributed by atoms with Crippen LogP contribution in [0, 0.1) is 11.3 Å². The van der Waals surface area contributed by atoms with Crippen molar-refractivity contribution in [2.24, 2.45) is 0 Å². The molecule has 7 nitrogen and oxygen atoms in total. The van der Waals surface area contributed by atoms with Crippen LogP contribution < -0.4 is 4.90 Å². The molecule has 1 aliphatic heterocycles. The third kappa shape index (κ3) is 4.13. The first kappa shape index (κ1) is 20.3. The molecule has 0 spiro atoms. The second-order valence-corrected chi connectivity index (χ2v) is 8.57. The molecule has 2 aromatic heterocycles. The Bertz CT molecular complexity index is 1050. The Labute approximate surface area is 180 Å². The van der Waals surface area contributed by atoms with Crippen LogP contribution in [0.1, 0.15) is 17.5 Å². The fourth-order valence-electron chi connectivity index (χ4n) is 3.80. The highest BCUT2D eigenvalue weighted by molar-refractivity contribution is 7.18. The number of carbonyl (C=O) groups excluding carboxylic acids is 1. The highest BCUT2D eigenvalue weighted by atomic mass is 32.1. The van der Waals surface area contributed by atoms with Crippen molar-refractivity contribution in [1.82, 2.24) is 19.8 Å². The highest BCUT2D eigenvalue weighted by Crippen LogP contribution is 2.23. The number of pyridine rings is 1. The number of nitrogens with zero attached hydrogens (tertiary/aromatic N) is 6. The van der Waals surface area contributed by atoms with Crippen LogP contribution in [0.2, 0.25) is 0 Å². The number of hydrogen-bond acceptors (Lipinski definition) is 7. The number of para-hydroxylation sites is 1. The number of carbonyl (C=O) groups is 1. The lowest BCUT2D eigenvalue weighted by Crippen LogP contribution is -2.54. The summed E-state index contributed by atoms with van der Waals surface area (Å²) in [6.07, 6.45) is 1.71. The van der Waals surface area contributed by atoms with Crippen LogP contribution in [-0.4, -0.2) is 64.9 Å². The van der Waals surface area contributed by atoms with Crippen LogP contribution >= 0.6 is 11.3 Å². The molecule has 1 atom stereocenters. The molecular weight excluding hydrogens is 396 g/mol. The summed E-state index contributed by atoms with van der Waals surface area (Å²) in [7, 11) is 1.84. The van der Waals surface area contributed by atoms with Gasteiger partial charge in [-0.05, 0) is 31.2 Å². The molecule has 30 heavy (non-hydrogen) atoms. The summed E-state index contributed by atoms with van der Waals surface area (Å²) in [6, 6.07) is 13.6. The first-order valence-corrected chi connectivity index (χ1v) is 10.8. The van der Waals surface area contributed by atoms with E-state index in [1.807, 2.05) is 32.2 Å². The molecule has 1 aliphatic rings. The Hall–Kier alpha value is -3.02. The summed E-state index contributed by atoms with van der Waals surface area (Å²) < 4.78 is 1.14. The van der Waals surface area contributed by atoms with Crippen LogP contribution in [0.15, 0.2) is 42.6 Å². The van der Waals surface area contributed by atoms with Crippen LogP contribution in [0.25, 0.3) is 10.2 Å². The van der Waals surface area contributed by atoms with Crippen molar-refractivity contribution in [3.8, 4) is 6.07 Å². The number of rotatable bonds is 5. The lowest BCUT2D eigenvalue weighted by molar-refractivity contribution is -0.135. The number of hydrogen-bond donors (Lipinski definition) is 0. The van der Waals surface area contributed by atoms with Crippen molar-refractivity contribution in [2.45, 2.75) is 19.5 Å². The lowest BCUT2D eigenvalue weighted by Gasteiger charge is -2.39. The number of benzene rings is 1. The number of nitriles is 1. The molecular formula is C22H24N6OS. The zero-order valence-corrected chi connectivity index (χ0v) is 18.0. The molecule has 1 fully saturated rings. The summed E-state index contributed by atoms with van der Waals surface area (Å²) in [5, 5.41) is 10.3. The van der Waals surface area contributed by atoms with E-state index < -0.39 is 0 Å². The summed E-state index contributed by atoms with van der Waals surface area (Å²) in [5.41, 5.74) is 1.57. The predicted molar refractivity (Wildman–Crippen MR) is 118 cm³/mol. The van der Waals surface area contributed by atoms with Gasteiger partial charge in [-0.3, -0.25) is 9.69 Å². The number of thiazole rings is 1. The van der Waals surface area contributed by atoms with E-state index >= 15 is 0 Å². The number of amides is 1. The largest absolute Gasteiger partial charge is 0.353 e. The third-order valence-electron chi connectivity index (χ3n) is 5.51. The average Bonchev–Trinajstić information content (AvgIpc) is 3.20. The summed E-state index contributed by atoms with van der Waals surface area (Å²) in [5.74, 6) is 0.824. The van der Waals surface area contributed by atoms with Gasteiger partial charge < -0.3 is 9.80 Å². The molecule has 0 bridgehead atoms. The normalized spacial score (nSPS) is 15.7. The van der Waals surface area contributed by atoms with Gasteiger partial charge in [-0.2, -0.15) is 5.26 Å². The van der Waals surface area contributed by atoms with Gasteiger partial charge in [0.2, 0.25) is 5.91 Å². The minimum absolute atomic E-state index is 0.0956. The van der Waals surface area contributed by atoms with Crippen LogP contribution in [0.5, 0.6) is 0 Å². The molecule has 8 heteroatoms. The molecule has 0 saturated carbocycles. The molecule has 0 aliphatic carbocycles. The van der Waals surface area contributed by atoms with E-state index in [1.165, 1.54) is 0 Å². The van der Waals surface area contributed by atoms with E-state index in [9.17, 15) is 10.1 Å². The van der Waals surface area contributed by atoms with Gasteiger partial charge in [-0.1, -0.05) is 12.1 Å². The van der Waals surface area contributed by atoms with Gasteiger partial charge in [0.25, 0.3) is 0 Å². The molecule has 4 rings (SSSR count). The van der Waals surface area contributed by atoms with Crippen LogP contribution in [0.4, 0.5) is 5.82 Å². The highest BCUT2D eigenvalue weighted by Gasteiger charge is 2.28. The predicted octanol–water partition coefficient (Wildman–Crippen LogP) is 2.73. The summed E-state index contributed by atoms with van der Waals surface area (Å²) in [4.78, 5) is 28.1. The van der Waals surface area contributed by atoms with Crippen molar-refractivity contribution in [1.29, 1.82) is 5.26 Å². The fraction of sp³-hybridized carbons (Fsp3) is 0.364. The topological polar surface area (TPSA) is 76.4 Å². The molecule has 0 radical (unpaired) electrons. The zero-order chi connectivity index (χ0) is 21.1. The standard InChI is InChI=1S/C22H24N6OS/c1-16(22(29)26(2)15-20-25-18-7-3-4-8-19(18)30-20)27-10-12-28(13-11-27)21-17(14-23)6-5-9-24-21/h3-9,16H,10-13,15H2,1-2H3. The molecule has 1 amide bonds. The first-order valence-electron chi connectivity index (χ1n) is 10.0. The third-order valence-corrected chi connectivity index (χ3v) is 6.53. The maximum Gasteiger partial charge on any atom is 0.239 e. The Kier molecular flexibility index (Phi) is 5.93. The van der Waals surface area contributed by atoms with Gasteiger partial charge in [0.15, 0.2) is 0 Å². The van der Waals surface area contributed by atoms with Crippen molar-refractivity contribution < 1.29 is 4.79 Å². The van der Waals surface area contributed by atoms with E-state index in [4.69, 9.17) is 0 Å². The number of piperazine rings is 1. The van der Waals surface area contributed by atoms with Crippen molar-refractivity contribution >= 4 is 33.3 Å². The van der Waals surface area contributed by atoms with E-state index in [2.05, 4.69) is 31.9 Å². The van der Waals surface area contributed by atoms with Gasteiger partial charge in [-0.15, -0.1) is 11.3 Å². The minimum Gasteiger partial charge on any atom is -0.353 e. The van der Waals surface area contributed by atoms with Crippen molar-refractivity contribution in [3.63, 3.8) is 0 Å². The Morgan fingerprint density at radius 3 is 2.73 bits per heavy atom. The fourth-order valence-corrected chi connectivity index (χ4v) is 4.82. The maximum atomic E-state index is 13.0. The SMILES string of the molecule is CC(C(=O)N(C)Cc1nc2ccccc2s1)N1CCN(c2ncccc2C#N)CC1. The Balaban J connectivity index is 1.35. The molecule has 3 heterocycles. The second-order valence-electron chi connectivity index (χ2n) is 7.45. The van der Waals surface area contributed by atoms with Gasteiger partial charge in [0.1, 0.15) is 16.9 Å². The van der Waals surface area contributed by atoms with Gasteiger partial charge in [0, 0.05) is 39.4 Å². The Morgan fingerprint density at radius 2 is 2.00 bits per heavy atom. The first-order chi connectivity index (χ1) is 14.6. The zero-order valence-electron chi connectivity index (χ0n) is 17.2. The molecule has 1 saturated heterocycles. The quantitative estimate of drug-likeness (QED) is 0.632. The average molecular weight is 421 g/mol. The maximum absolute atomic E-state index is 13.0. The number of fused-ring (bicyclic) bond motifs is 1. The summed E-state index contributed by atoms with van der Waals surface area (Å²) >= 11 is 1.63. The van der Waals surface area contributed by atoms with E-state index in [-0.39, 0.29) is 11.9 Å². The number of likely N-dealkylation sites (N-methyl/N-ethyl adjacent to an activating group) is 1. The molecule has 0 N–H and O–H groups in total. The van der Waals surface area contributed by atoms with Crippen molar-refractivity contribution in [2.75, 3.05) is 38.1 Å². The van der Waals surface area contributed by atoms with Gasteiger partial charge >= 0.3 is 0 Å². The van der Waals surface area contributed by atoms with E-state index in [0.717, 1.165) is 47.2 Å². The van der Waals surface area contributed by atoms with Crippen molar-refractivity contribution in [3.05, 3.63) is 53.2 Å². The van der Waals surface area contributed by atoms with Gasteiger partial charge in [0.05, 0.1) is 28.4 Å². The number of anilines is 1. The van der Waals surface area contributed by atoms with Gasteiger partial charge in [-0.25, -0.2) is 9.97 Å². The second kappa shape index (κ2) is 8.78. The number of aromatic nitrogens is 2. The Morgan fingerprint density at radius 1 is 1.23 bits per heavy atom. The molecule has 1 unspecified atom stereocenters.